The van der Waals surface area contributed by atoms with E-state index in [2.05, 4.69) is 195 Å². The molecule has 0 saturated heterocycles. The summed E-state index contributed by atoms with van der Waals surface area (Å²) in [6.07, 6.45) is 0. The van der Waals surface area contributed by atoms with Gasteiger partial charge in [-0.25, -0.2) is 0 Å². The molecule has 0 radical (unpaired) electrons. The van der Waals surface area contributed by atoms with Crippen LogP contribution in [0.15, 0.2) is 176 Å². The van der Waals surface area contributed by atoms with Crippen molar-refractivity contribution < 1.29 is 0 Å². The molecule has 0 amide bonds. The Labute approximate surface area is 290 Å². The summed E-state index contributed by atoms with van der Waals surface area (Å²) in [5, 5.41) is 1.28. The van der Waals surface area contributed by atoms with Crippen LogP contribution in [0.4, 0.5) is 39.8 Å². The molecule has 5 heteroatoms. The quantitative estimate of drug-likeness (QED) is 0.180. The van der Waals surface area contributed by atoms with Gasteiger partial charge in [-0.1, -0.05) is 121 Å². The molecule has 0 atom stereocenters. The van der Waals surface area contributed by atoms with Gasteiger partial charge in [0.15, 0.2) is 5.66 Å². The second-order valence-electron chi connectivity index (χ2n) is 13.7. The van der Waals surface area contributed by atoms with E-state index in [1.54, 1.807) is 0 Å². The van der Waals surface area contributed by atoms with Crippen molar-refractivity contribution in [2.45, 2.75) is 5.66 Å². The first kappa shape index (κ1) is 26.5. The van der Waals surface area contributed by atoms with Crippen molar-refractivity contribution in [2.24, 2.45) is 0 Å². The van der Waals surface area contributed by atoms with Crippen LogP contribution in [0.5, 0.6) is 0 Å². The molecule has 0 fully saturated rings. The molecular formula is C45H29BN4. The zero-order chi connectivity index (χ0) is 32.6. The van der Waals surface area contributed by atoms with E-state index >= 15 is 0 Å². The van der Waals surface area contributed by atoms with E-state index in [9.17, 15) is 0 Å². The van der Waals surface area contributed by atoms with Crippen molar-refractivity contribution in [3.8, 4) is 5.69 Å². The predicted molar refractivity (Wildman–Crippen MR) is 207 cm³/mol. The maximum absolute atomic E-state index is 2.69. The highest BCUT2D eigenvalue weighted by Crippen LogP contribution is 2.62. The third-order valence-corrected chi connectivity index (χ3v) is 11.4. The van der Waals surface area contributed by atoms with Gasteiger partial charge in [-0.15, -0.1) is 0 Å². The lowest BCUT2D eigenvalue weighted by Gasteiger charge is -2.49. The van der Waals surface area contributed by atoms with Crippen LogP contribution in [0.2, 0.25) is 0 Å². The third kappa shape index (κ3) is 2.97. The smallest absolute Gasteiger partial charge is 0.275 e. The number of benzene rings is 7. The van der Waals surface area contributed by atoms with E-state index in [0.29, 0.717) is 0 Å². The molecule has 4 nitrogen and oxygen atoms in total. The summed E-state index contributed by atoms with van der Waals surface area (Å²) < 4.78 is 2.57. The van der Waals surface area contributed by atoms with Gasteiger partial charge in [0.1, 0.15) is 0 Å². The highest BCUT2D eigenvalue weighted by Gasteiger charge is 2.61. The van der Waals surface area contributed by atoms with Crippen LogP contribution in [-0.4, -0.2) is 11.3 Å². The second-order valence-corrected chi connectivity index (χ2v) is 13.7. The minimum Gasteiger partial charge on any atom is -0.320 e. The third-order valence-electron chi connectivity index (χ3n) is 11.4. The number of para-hydroxylation sites is 3. The molecule has 4 aliphatic rings. The van der Waals surface area contributed by atoms with Crippen molar-refractivity contribution in [1.29, 1.82) is 0 Å². The Bertz CT molecular complexity index is 2630. The Morgan fingerprint density at radius 3 is 1.68 bits per heavy atom. The number of hydrogen-bond donors (Lipinski definition) is 0. The van der Waals surface area contributed by atoms with Crippen LogP contribution in [0.3, 0.4) is 0 Å². The Hall–Kier alpha value is -6.46. The van der Waals surface area contributed by atoms with Crippen LogP contribution in [-0.2, 0) is 5.66 Å². The summed E-state index contributed by atoms with van der Waals surface area (Å²) in [5.41, 5.74) is 17.0. The molecular weight excluding hydrogens is 607 g/mol. The zero-order valence-corrected chi connectivity index (χ0v) is 27.1. The van der Waals surface area contributed by atoms with E-state index in [0.717, 1.165) is 5.69 Å². The van der Waals surface area contributed by atoms with Gasteiger partial charge < -0.3 is 19.3 Å². The van der Waals surface area contributed by atoms with Gasteiger partial charge in [0.2, 0.25) is 0 Å². The summed E-state index contributed by atoms with van der Waals surface area (Å²) >= 11 is 0. The molecule has 12 rings (SSSR count). The van der Waals surface area contributed by atoms with Crippen LogP contribution in [0.25, 0.3) is 16.6 Å². The first-order valence-corrected chi connectivity index (χ1v) is 17.4. The lowest BCUT2D eigenvalue weighted by Crippen LogP contribution is -2.62. The summed E-state index contributed by atoms with van der Waals surface area (Å²) in [4.78, 5) is 7.82. The first-order valence-electron chi connectivity index (χ1n) is 17.4. The van der Waals surface area contributed by atoms with E-state index in [4.69, 9.17) is 0 Å². The summed E-state index contributed by atoms with van der Waals surface area (Å²) in [6, 6.07) is 64.8. The molecule has 0 aliphatic carbocycles. The summed E-state index contributed by atoms with van der Waals surface area (Å²) in [7, 11) is 0. The van der Waals surface area contributed by atoms with Crippen molar-refractivity contribution in [1.82, 2.24) is 4.57 Å². The van der Waals surface area contributed by atoms with Crippen molar-refractivity contribution in [3.63, 3.8) is 0 Å². The Kier molecular flexibility index (Phi) is 4.96. The van der Waals surface area contributed by atoms with Gasteiger partial charge >= 0.3 is 0 Å². The molecule has 0 saturated carbocycles. The molecule has 0 unspecified atom stereocenters. The monoisotopic (exact) mass is 636 g/mol. The van der Waals surface area contributed by atoms with E-state index in [-0.39, 0.29) is 6.71 Å². The van der Waals surface area contributed by atoms with Gasteiger partial charge in [0, 0.05) is 50.5 Å². The highest BCUT2D eigenvalue weighted by molar-refractivity contribution is 7.02. The maximum atomic E-state index is 2.69. The Morgan fingerprint density at radius 1 is 0.400 bits per heavy atom. The van der Waals surface area contributed by atoms with Gasteiger partial charge in [-0.05, 0) is 65.5 Å². The minimum absolute atomic E-state index is 0.102. The predicted octanol–water partition coefficient (Wildman–Crippen LogP) is 8.75. The molecule has 0 spiro atoms. The van der Waals surface area contributed by atoms with Crippen LogP contribution < -0.4 is 31.2 Å². The van der Waals surface area contributed by atoms with E-state index in [1.807, 2.05) is 0 Å². The topological polar surface area (TPSA) is 14.7 Å². The van der Waals surface area contributed by atoms with Crippen molar-refractivity contribution in [3.05, 3.63) is 187 Å². The van der Waals surface area contributed by atoms with Crippen LogP contribution >= 0.6 is 0 Å². The molecule has 1 aromatic heterocycles. The lowest BCUT2D eigenvalue weighted by molar-refractivity contribution is 0.560. The molecule has 0 N–H and O–H groups in total. The van der Waals surface area contributed by atoms with E-state index in [1.165, 1.54) is 78.4 Å². The molecule has 8 aromatic rings. The summed E-state index contributed by atoms with van der Waals surface area (Å²) in [5.74, 6) is 0. The lowest BCUT2D eigenvalue weighted by atomic mass is 9.36. The van der Waals surface area contributed by atoms with Gasteiger partial charge in [-0.2, -0.15) is 0 Å². The van der Waals surface area contributed by atoms with Gasteiger partial charge in [0.25, 0.3) is 6.71 Å². The van der Waals surface area contributed by atoms with Gasteiger partial charge in [0.05, 0.1) is 22.6 Å². The number of fused-ring (bicyclic) bond motifs is 5. The fraction of sp³-hybridized carbons (Fsp3) is 0.0222. The van der Waals surface area contributed by atoms with Gasteiger partial charge in [-0.3, -0.25) is 0 Å². The second kappa shape index (κ2) is 9.37. The molecule has 4 aliphatic heterocycles. The average Bonchev–Trinajstić information content (AvgIpc) is 3.82. The number of hydrogen-bond acceptors (Lipinski definition) is 3. The normalized spacial score (nSPS) is 15.2. The summed E-state index contributed by atoms with van der Waals surface area (Å²) in [6.45, 7) is 0.102. The SMILES string of the molecule is c1ccc(N2c3cccc4c3B3c5c(ccc6c5N4C(c4ccccc4)(c4ccccc4)N6c4ccccc4)-n4c3c2c2ccccc24)cc1. The fourth-order valence-electron chi connectivity index (χ4n) is 9.75. The minimum atomic E-state index is -0.710. The molecule has 0 bridgehead atoms. The van der Waals surface area contributed by atoms with Crippen molar-refractivity contribution >= 4 is 73.9 Å². The maximum Gasteiger partial charge on any atom is 0.275 e. The number of anilines is 7. The largest absolute Gasteiger partial charge is 0.320 e. The molecule has 7 aromatic carbocycles. The molecule has 50 heavy (non-hydrogen) atoms. The van der Waals surface area contributed by atoms with Crippen molar-refractivity contribution in [2.75, 3.05) is 14.7 Å². The average molecular weight is 637 g/mol. The Morgan fingerprint density at radius 2 is 0.980 bits per heavy atom. The first-order chi connectivity index (χ1) is 24.9. The number of aromatic nitrogens is 1. The number of nitrogens with zero attached hydrogens (tertiary/aromatic N) is 4. The standard InChI is InChI=1S/C45H29BN4/c1-5-16-30(17-6-1)45(31-18-7-2-8-19-31)49(33-22-11-4-12-23-33)39-29-28-37-41-43(39)50(45)38-27-15-26-36-40(38)46(41)44-42(47(36)32-20-9-3-10-21-32)34-24-13-14-25-35(34)48(37)44/h1-29H. The molecule has 232 valence electrons. The van der Waals surface area contributed by atoms with Crippen LogP contribution in [0.1, 0.15) is 11.1 Å². The highest BCUT2D eigenvalue weighted by atomic mass is 15.5. The molecule has 5 heterocycles. The van der Waals surface area contributed by atoms with E-state index < -0.39 is 5.66 Å². The number of rotatable bonds is 4. The Balaban J connectivity index is 1.29. The van der Waals surface area contributed by atoms with Crippen LogP contribution in [0, 0.1) is 0 Å². The zero-order valence-electron chi connectivity index (χ0n) is 27.1. The fourth-order valence-corrected chi connectivity index (χ4v) is 9.75.